The summed E-state index contributed by atoms with van der Waals surface area (Å²) in [6, 6.07) is 0. The molecule has 2 rings (SSSR count). The normalized spacial score (nSPS) is 22.8. The van der Waals surface area contributed by atoms with Crippen molar-refractivity contribution in [1.82, 2.24) is 9.80 Å². The molecule has 1 aliphatic carbocycles. The summed E-state index contributed by atoms with van der Waals surface area (Å²) in [4.78, 5) is 38.8. The molecule has 6 nitrogen and oxygen atoms in total. The highest BCUT2D eigenvalue weighted by Gasteiger charge is 2.44. The van der Waals surface area contributed by atoms with E-state index in [1.54, 1.807) is 11.9 Å². The van der Waals surface area contributed by atoms with Gasteiger partial charge < -0.3 is 14.9 Å². The Morgan fingerprint density at radius 2 is 1.85 bits per heavy atom. The van der Waals surface area contributed by atoms with Gasteiger partial charge in [-0.3, -0.25) is 14.4 Å². The first-order chi connectivity index (χ1) is 9.44. The SMILES string of the molecule is CN1CCCN(C(=O)CC2(C(=O)O)CCCC2)CC1=O. The average molecular weight is 282 g/mol. The molecule has 1 aliphatic heterocycles. The fourth-order valence-corrected chi connectivity index (χ4v) is 3.12. The third-order valence-corrected chi connectivity index (χ3v) is 4.53. The van der Waals surface area contributed by atoms with E-state index in [1.165, 1.54) is 4.90 Å². The summed E-state index contributed by atoms with van der Waals surface area (Å²) >= 11 is 0. The molecule has 2 amide bonds. The van der Waals surface area contributed by atoms with Gasteiger partial charge in [-0.05, 0) is 19.3 Å². The first-order valence-electron chi connectivity index (χ1n) is 7.20. The van der Waals surface area contributed by atoms with Crippen LogP contribution in [0.2, 0.25) is 0 Å². The second-order valence-electron chi connectivity index (χ2n) is 5.95. The van der Waals surface area contributed by atoms with Crippen molar-refractivity contribution in [3.05, 3.63) is 0 Å². The predicted molar refractivity (Wildman–Crippen MR) is 72.0 cm³/mol. The molecule has 0 bridgehead atoms. The number of carboxylic acid groups (broad SMARTS) is 1. The lowest BCUT2D eigenvalue weighted by molar-refractivity contribution is -0.153. The van der Waals surface area contributed by atoms with Crippen molar-refractivity contribution in [3.63, 3.8) is 0 Å². The van der Waals surface area contributed by atoms with Crippen LogP contribution >= 0.6 is 0 Å². The van der Waals surface area contributed by atoms with Crippen LogP contribution in [0.4, 0.5) is 0 Å². The van der Waals surface area contributed by atoms with E-state index in [-0.39, 0.29) is 24.8 Å². The molecule has 6 heteroatoms. The van der Waals surface area contributed by atoms with Crippen molar-refractivity contribution < 1.29 is 19.5 Å². The third kappa shape index (κ3) is 2.94. The van der Waals surface area contributed by atoms with Crippen LogP contribution in [0.5, 0.6) is 0 Å². The molecule has 0 aromatic heterocycles. The van der Waals surface area contributed by atoms with Gasteiger partial charge in [0.25, 0.3) is 0 Å². The molecule has 2 fully saturated rings. The molecular weight excluding hydrogens is 260 g/mol. The molecule has 1 saturated carbocycles. The molecule has 0 aromatic carbocycles. The number of hydrogen-bond donors (Lipinski definition) is 1. The highest BCUT2D eigenvalue weighted by atomic mass is 16.4. The van der Waals surface area contributed by atoms with Gasteiger partial charge in [0.1, 0.15) is 0 Å². The van der Waals surface area contributed by atoms with Crippen LogP contribution < -0.4 is 0 Å². The molecule has 1 heterocycles. The van der Waals surface area contributed by atoms with Crippen LogP contribution in [-0.2, 0) is 14.4 Å². The predicted octanol–water partition coefficient (Wildman–Crippen LogP) is 0.712. The summed E-state index contributed by atoms with van der Waals surface area (Å²) < 4.78 is 0. The largest absolute Gasteiger partial charge is 0.481 e. The van der Waals surface area contributed by atoms with Gasteiger partial charge in [-0.2, -0.15) is 0 Å². The lowest BCUT2D eigenvalue weighted by Gasteiger charge is -2.27. The van der Waals surface area contributed by atoms with E-state index in [1.807, 2.05) is 0 Å². The summed E-state index contributed by atoms with van der Waals surface area (Å²) in [5, 5.41) is 9.41. The Morgan fingerprint density at radius 3 is 2.45 bits per heavy atom. The number of likely N-dealkylation sites (N-methyl/N-ethyl adjacent to an activating group) is 1. The van der Waals surface area contributed by atoms with E-state index in [0.717, 1.165) is 19.3 Å². The average Bonchev–Trinajstić information content (AvgIpc) is 2.80. The monoisotopic (exact) mass is 282 g/mol. The summed E-state index contributed by atoms with van der Waals surface area (Å²) in [6.07, 6.45) is 3.63. The maximum atomic E-state index is 12.4. The van der Waals surface area contributed by atoms with Gasteiger partial charge in [0.15, 0.2) is 0 Å². The number of hydrogen-bond acceptors (Lipinski definition) is 3. The standard InChI is InChI=1S/C14H22N2O4/c1-15-7-4-8-16(10-12(15)18)11(17)9-14(13(19)20)5-2-3-6-14/h2-10H2,1H3,(H,19,20). The molecule has 0 atom stereocenters. The van der Waals surface area contributed by atoms with Crippen molar-refractivity contribution in [2.45, 2.75) is 38.5 Å². The van der Waals surface area contributed by atoms with Crippen molar-refractivity contribution in [3.8, 4) is 0 Å². The molecule has 0 radical (unpaired) electrons. The van der Waals surface area contributed by atoms with Gasteiger partial charge in [0.2, 0.25) is 11.8 Å². The summed E-state index contributed by atoms with van der Waals surface area (Å²) in [7, 11) is 1.73. The van der Waals surface area contributed by atoms with E-state index in [2.05, 4.69) is 0 Å². The first kappa shape index (κ1) is 14.8. The maximum absolute atomic E-state index is 12.4. The Bertz CT molecular complexity index is 415. The van der Waals surface area contributed by atoms with Crippen molar-refractivity contribution >= 4 is 17.8 Å². The molecule has 1 N–H and O–H groups in total. The summed E-state index contributed by atoms with van der Waals surface area (Å²) in [5.74, 6) is -1.15. The highest BCUT2D eigenvalue weighted by Crippen LogP contribution is 2.41. The van der Waals surface area contributed by atoms with E-state index in [4.69, 9.17) is 0 Å². The smallest absolute Gasteiger partial charge is 0.310 e. The lowest BCUT2D eigenvalue weighted by Crippen LogP contribution is -2.41. The highest BCUT2D eigenvalue weighted by molar-refractivity contribution is 5.88. The van der Waals surface area contributed by atoms with Crippen LogP contribution in [-0.4, -0.2) is 59.4 Å². The molecule has 0 spiro atoms. The Morgan fingerprint density at radius 1 is 1.20 bits per heavy atom. The van der Waals surface area contributed by atoms with Crippen molar-refractivity contribution in [2.24, 2.45) is 5.41 Å². The Labute approximate surface area is 118 Å². The second kappa shape index (κ2) is 5.81. The third-order valence-electron chi connectivity index (χ3n) is 4.53. The first-order valence-corrected chi connectivity index (χ1v) is 7.20. The molecule has 112 valence electrons. The summed E-state index contributed by atoms with van der Waals surface area (Å²) in [6.45, 7) is 1.25. The fraction of sp³-hybridized carbons (Fsp3) is 0.786. The quantitative estimate of drug-likeness (QED) is 0.827. The Hall–Kier alpha value is -1.59. The number of amides is 2. The number of rotatable bonds is 3. The van der Waals surface area contributed by atoms with E-state index >= 15 is 0 Å². The van der Waals surface area contributed by atoms with Crippen LogP contribution in [0.3, 0.4) is 0 Å². The maximum Gasteiger partial charge on any atom is 0.310 e. The topological polar surface area (TPSA) is 77.9 Å². The van der Waals surface area contributed by atoms with Gasteiger partial charge in [-0.25, -0.2) is 0 Å². The molecule has 0 unspecified atom stereocenters. The van der Waals surface area contributed by atoms with Gasteiger partial charge >= 0.3 is 5.97 Å². The van der Waals surface area contributed by atoms with Crippen molar-refractivity contribution in [2.75, 3.05) is 26.7 Å². The van der Waals surface area contributed by atoms with Gasteiger partial charge in [-0.15, -0.1) is 0 Å². The van der Waals surface area contributed by atoms with Crippen LogP contribution in [0, 0.1) is 5.41 Å². The number of nitrogens with zero attached hydrogens (tertiary/aromatic N) is 2. The Kier molecular flexibility index (Phi) is 4.30. The van der Waals surface area contributed by atoms with Gasteiger partial charge in [0, 0.05) is 26.6 Å². The minimum atomic E-state index is -0.904. The summed E-state index contributed by atoms with van der Waals surface area (Å²) in [5.41, 5.74) is -0.904. The second-order valence-corrected chi connectivity index (χ2v) is 5.95. The van der Waals surface area contributed by atoms with E-state index in [0.29, 0.717) is 25.9 Å². The van der Waals surface area contributed by atoms with Gasteiger partial charge in [-0.1, -0.05) is 12.8 Å². The number of carboxylic acids is 1. The van der Waals surface area contributed by atoms with Crippen molar-refractivity contribution in [1.29, 1.82) is 0 Å². The molecule has 2 aliphatic rings. The van der Waals surface area contributed by atoms with Crippen LogP contribution in [0.15, 0.2) is 0 Å². The molecule has 1 saturated heterocycles. The zero-order valence-electron chi connectivity index (χ0n) is 11.9. The molecule has 20 heavy (non-hydrogen) atoms. The zero-order chi connectivity index (χ0) is 14.8. The Balaban J connectivity index is 2.03. The number of carbonyl (C=O) groups excluding carboxylic acids is 2. The minimum absolute atomic E-state index is 0.0271. The van der Waals surface area contributed by atoms with Crippen LogP contribution in [0.1, 0.15) is 38.5 Å². The lowest BCUT2D eigenvalue weighted by atomic mass is 9.82. The molecule has 0 aromatic rings. The van der Waals surface area contributed by atoms with Crippen LogP contribution in [0.25, 0.3) is 0 Å². The van der Waals surface area contributed by atoms with E-state index < -0.39 is 11.4 Å². The zero-order valence-corrected chi connectivity index (χ0v) is 11.9. The molecular formula is C14H22N2O4. The van der Waals surface area contributed by atoms with E-state index in [9.17, 15) is 19.5 Å². The minimum Gasteiger partial charge on any atom is -0.481 e. The number of carbonyl (C=O) groups is 3. The number of aliphatic carboxylic acids is 1. The fourth-order valence-electron chi connectivity index (χ4n) is 3.12. The van der Waals surface area contributed by atoms with Gasteiger partial charge in [0.05, 0.1) is 12.0 Å².